The number of rotatable bonds is 5. The Kier molecular flexibility index (Phi) is 5.05. The van der Waals surface area contributed by atoms with Gasteiger partial charge in [-0.25, -0.2) is 0 Å². The quantitative estimate of drug-likeness (QED) is 0.790. The summed E-state index contributed by atoms with van der Waals surface area (Å²) in [5, 5.41) is 3.27. The minimum atomic E-state index is -4.09. The monoisotopic (exact) mass is 238 g/mol. The Bertz CT molecular complexity index is 206. The first-order valence-corrected chi connectivity index (χ1v) is 5.95. The van der Waals surface area contributed by atoms with Gasteiger partial charge in [0.25, 0.3) is 0 Å². The minimum Gasteiger partial charge on any atom is -0.312 e. The van der Waals surface area contributed by atoms with Gasteiger partial charge in [0, 0.05) is 12.6 Å². The molecule has 2 nitrogen and oxygen atoms in total. The van der Waals surface area contributed by atoms with Gasteiger partial charge in [0.05, 0.1) is 6.54 Å². The van der Waals surface area contributed by atoms with E-state index in [9.17, 15) is 13.2 Å². The van der Waals surface area contributed by atoms with Gasteiger partial charge in [-0.15, -0.1) is 0 Å². The fraction of sp³-hybridized carbons (Fsp3) is 1.00. The van der Waals surface area contributed by atoms with Gasteiger partial charge >= 0.3 is 6.18 Å². The van der Waals surface area contributed by atoms with Gasteiger partial charge in [-0.05, 0) is 31.8 Å². The predicted molar refractivity (Wildman–Crippen MR) is 58.4 cm³/mol. The molecule has 0 spiro atoms. The second-order valence-electron chi connectivity index (χ2n) is 4.68. The van der Waals surface area contributed by atoms with Crippen molar-refractivity contribution in [2.75, 3.05) is 26.2 Å². The molecule has 1 heterocycles. The van der Waals surface area contributed by atoms with Crippen molar-refractivity contribution in [3.8, 4) is 0 Å². The normalized spacial score (nSPS) is 26.6. The fourth-order valence-corrected chi connectivity index (χ4v) is 2.23. The predicted octanol–water partition coefficient (Wildman–Crippen LogP) is 2.26. The lowest BCUT2D eigenvalue weighted by Gasteiger charge is -2.27. The molecule has 1 N–H and O–H groups in total. The largest absolute Gasteiger partial charge is 0.401 e. The van der Waals surface area contributed by atoms with Crippen LogP contribution in [0.1, 0.15) is 26.7 Å². The molecule has 0 radical (unpaired) electrons. The molecule has 1 aliphatic heterocycles. The standard InChI is InChI=1S/C11H21F3N2/c1-3-6-16(8-11(12,13)14)7-10-9(2)4-5-15-10/h9-10,15H,3-8H2,1-2H3. The number of hydrogen-bond acceptors (Lipinski definition) is 2. The van der Waals surface area contributed by atoms with E-state index in [2.05, 4.69) is 12.2 Å². The average molecular weight is 238 g/mol. The third-order valence-electron chi connectivity index (χ3n) is 3.09. The zero-order valence-electron chi connectivity index (χ0n) is 9.98. The maximum Gasteiger partial charge on any atom is 0.401 e. The lowest BCUT2D eigenvalue weighted by atomic mass is 10.0. The lowest BCUT2D eigenvalue weighted by Crippen LogP contribution is -2.44. The van der Waals surface area contributed by atoms with Crippen LogP contribution in [0.15, 0.2) is 0 Å². The topological polar surface area (TPSA) is 15.3 Å². The number of nitrogens with zero attached hydrogens (tertiary/aromatic N) is 1. The molecule has 5 heteroatoms. The van der Waals surface area contributed by atoms with Gasteiger partial charge in [-0.1, -0.05) is 13.8 Å². The maximum atomic E-state index is 12.3. The molecule has 0 aromatic heterocycles. The van der Waals surface area contributed by atoms with E-state index in [-0.39, 0.29) is 6.04 Å². The third kappa shape index (κ3) is 4.70. The molecule has 2 atom stereocenters. The Balaban J connectivity index is 2.43. The van der Waals surface area contributed by atoms with Crippen LogP contribution in [0.2, 0.25) is 0 Å². The zero-order valence-corrected chi connectivity index (χ0v) is 9.98. The lowest BCUT2D eigenvalue weighted by molar-refractivity contribution is -0.146. The summed E-state index contributed by atoms with van der Waals surface area (Å²) in [6, 6.07) is 0.217. The highest BCUT2D eigenvalue weighted by atomic mass is 19.4. The molecular formula is C11H21F3N2. The molecule has 0 bridgehead atoms. The molecule has 1 saturated heterocycles. The van der Waals surface area contributed by atoms with Crippen LogP contribution in [0.5, 0.6) is 0 Å². The molecule has 0 saturated carbocycles. The summed E-state index contributed by atoms with van der Waals surface area (Å²) >= 11 is 0. The van der Waals surface area contributed by atoms with Crippen molar-refractivity contribution < 1.29 is 13.2 Å². The van der Waals surface area contributed by atoms with Crippen molar-refractivity contribution in [1.29, 1.82) is 0 Å². The summed E-state index contributed by atoms with van der Waals surface area (Å²) < 4.78 is 37.0. The van der Waals surface area contributed by atoms with E-state index in [1.807, 2.05) is 6.92 Å². The number of halogens is 3. The molecule has 1 fully saturated rings. The van der Waals surface area contributed by atoms with Crippen molar-refractivity contribution in [3.05, 3.63) is 0 Å². The smallest absolute Gasteiger partial charge is 0.312 e. The van der Waals surface area contributed by atoms with Gasteiger partial charge in [0.1, 0.15) is 0 Å². The van der Waals surface area contributed by atoms with Crippen LogP contribution in [0.3, 0.4) is 0 Å². The van der Waals surface area contributed by atoms with Gasteiger partial charge in [0.2, 0.25) is 0 Å². The summed E-state index contributed by atoms with van der Waals surface area (Å²) in [6.45, 7) is 5.18. The first-order chi connectivity index (χ1) is 7.42. The molecule has 96 valence electrons. The highest BCUT2D eigenvalue weighted by molar-refractivity contribution is 4.84. The van der Waals surface area contributed by atoms with E-state index in [1.54, 1.807) is 0 Å². The molecule has 1 rings (SSSR count). The van der Waals surface area contributed by atoms with E-state index in [1.165, 1.54) is 4.90 Å². The van der Waals surface area contributed by atoms with Crippen LogP contribution in [0.4, 0.5) is 13.2 Å². The van der Waals surface area contributed by atoms with Crippen molar-refractivity contribution >= 4 is 0 Å². The van der Waals surface area contributed by atoms with Crippen molar-refractivity contribution in [2.45, 2.75) is 38.9 Å². The third-order valence-corrected chi connectivity index (χ3v) is 3.09. The highest BCUT2D eigenvalue weighted by Crippen LogP contribution is 2.20. The van der Waals surface area contributed by atoms with Gasteiger partial charge in [-0.3, -0.25) is 4.90 Å². The van der Waals surface area contributed by atoms with Crippen LogP contribution in [-0.2, 0) is 0 Å². The SMILES string of the molecule is CCCN(CC1NCCC1C)CC(F)(F)F. The van der Waals surface area contributed by atoms with E-state index in [0.717, 1.165) is 19.4 Å². The molecule has 0 amide bonds. The maximum absolute atomic E-state index is 12.3. The molecule has 0 aromatic rings. The average Bonchev–Trinajstić information content (AvgIpc) is 2.49. The summed E-state index contributed by atoms with van der Waals surface area (Å²) in [6.07, 6.45) is -2.26. The Morgan fingerprint density at radius 2 is 2.06 bits per heavy atom. The Morgan fingerprint density at radius 3 is 2.50 bits per heavy atom. The van der Waals surface area contributed by atoms with Crippen molar-refractivity contribution in [1.82, 2.24) is 10.2 Å². The fourth-order valence-electron chi connectivity index (χ4n) is 2.23. The number of nitrogens with one attached hydrogen (secondary N) is 1. The van der Waals surface area contributed by atoms with Crippen LogP contribution < -0.4 is 5.32 Å². The van der Waals surface area contributed by atoms with Crippen LogP contribution in [0, 0.1) is 5.92 Å². The number of hydrogen-bond donors (Lipinski definition) is 1. The second-order valence-corrected chi connectivity index (χ2v) is 4.68. The zero-order chi connectivity index (χ0) is 12.2. The number of alkyl halides is 3. The van der Waals surface area contributed by atoms with Gasteiger partial charge in [-0.2, -0.15) is 13.2 Å². The Morgan fingerprint density at radius 1 is 1.38 bits per heavy atom. The van der Waals surface area contributed by atoms with Gasteiger partial charge < -0.3 is 5.32 Å². The Hall–Kier alpha value is -0.290. The first-order valence-electron chi connectivity index (χ1n) is 5.95. The van der Waals surface area contributed by atoms with E-state index < -0.39 is 12.7 Å². The van der Waals surface area contributed by atoms with Crippen LogP contribution in [0.25, 0.3) is 0 Å². The summed E-state index contributed by atoms with van der Waals surface area (Å²) in [7, 11) is 0. The van der Waals surface area contributed by atoms with Crippen LogP contribution in [-0.4, -0.2) is 43.3 Å². The molecule has 0 aliphatic carbocycles. The summed E-state index contributed by atoms with van der Waals surface area (Å²) in [5.41, 5.74) is 0. The molecule has 1 aliphatic rings. The van der Waals surface area contributed by atoms with E-state index in [4.69, 9.17) is 0 Å². The summed E-state index contributed by atoms with van der Waals surface area (Å²) in [4.78, 5) is 1.51. The van der Waals surface area contributed by atoms with E-state index >= 15 is 0 Å². The molecular weight excluding hydrogens is 217 g/mol. The molecule has 16 heavy (non-hydrogen) atoms. The van der Waals surface area contributed by atoms with Crippen molar-refractivity contribution in [3.63, 3.8) is 0 Å². The van der Waals surface area contributed by atoms with Gasteiger partial charge in [0.15, 0.2) is 0 Å². The van der Waals surface area contributed by atoms with Crippen molar-refractivity contribution in [2.24, 2.45) is 5.92 Å². The Labute approximate surface area is 95.2 Å². The minimum absolute atomic E-state index is 0.217. The molecule has 0 aromatic carbocycles. The van der Waals surface area contributed by atoms with Crippen LogP contribution >= 0.6 is 0 Å². The van der Waals surface area contributed by atoms with E-state index in [0.29, 0.717) is 19.0 Å². The summed E-state index contributed by atoms with van der Waals surface area (Å²) in [5.74, 6) is 0.479. The first kappa shape index (κ1) is 13.8. The second kappa shape index (κ2) is 5.87. The molecule has 2 unspecified atom stereocenters. The highest BCUT2D eigenvalue weighted by Gasteiger charge is 2.32.